The maximum atomic E-state index is 12.8. The molecular formula is C52H52ClN13O19S7. The van der Waals surface area contributed by atoms with Gasteiger partial charge >= 0.3 is 0 Å². The van der Waals surface area contributed by atoms with Gasteiger partial charge in [0, 0.05) is 35.3 Å². The molecule has 0 radical (unpaired) electrons. The number of fused-ring (bicyclic) bond motifs is 3. The number of aromatic hydroxyl groups is 1. The summed E-state index contributed by atoms with van der Waals surface area (Å²) in [5.74, 6) is -4.07. The number of nitrogens with zero attached hydrogens (tertiary/aromatic N) is 11. The van der Waals surface area contributed by atoms with Gasteiger partial charge in [0.05, 0.1) is 62.7 Å². The number of anilines is 2. The predicted octanol–water partition coefficient (Wildman–Crippen LogP) is 12.1. The van der Waals surface area contributed by atoms with Gasteiger partial charge in [0.25, 0.3) is 50.6 Å². The number of nitriles is 1. The van der Waals surface area contributed by atoms with Crippen LogP contribution >= 0.6 is 35.1 Å². The molecule has 0 aliphatic heterocycles. The number of thioether (sulfide) groups is 2. The summed E-state index contributed by atoms with van der Waals surface area (Å²) in [7, 11) is -23.0. The SMILES string of the molecule is CC(=O)Nc1cc(N=Nc2cc(SCCCS(=O)(=O)O)c(N=Nc3cc(OCCCS(=O)(=O)O)c(N=Nc4c(C)c(C#N)c5nc6c(C)ccc(S(=O)(=O)O)c6n5c4O)cc3C)cc2NC(C)=O)c(SCCCS(=O)(=O)O)cc1N=Nc1ccc(Cl)c(S(=O)(=O)O)c1. The van der Waals surface area contributed by atoms with Gasteiger partial charge in [-0.05, 0) is 117 Å². The summed E-state index contributed by atoms with van der Waals surface area (Å²) in [5.41, 5.74) is -0.488. The minimum absolute atomic E-state index is 0.00449. The monoisotopic (exact) mass is 1420 g/mol. The number of nitrogens with one attached hydrogen (secondary N) is 2. The van der Waals surface area contributed by atoms with E-state index in [2.05, 4.69) is 56.5 Å². The zero-order valence-electron chi connectivity index (χ0n) is 48.4. The minimum Gasteiger partial charge on any atom is -0.493 e. The highest BCUT2D eigenvalue weighted by Gasteiger charge is 2.27. The molecule has 0 bridgehead atoms. The highest BCUT2D eigenvalue weighted by molar-refractivity contribution is 7.99. The van der Waals surface area contributed by atoms with Gasteiger partial charge in [-0.3, -0.25) is 36.8 Å². The number of hydrogen-bond donors (Lipinski definition) is 8. The van der Waals surface area contributed by atoms with Crippen molar-refractivity contribution in [2.75, 3.05) is 46.0 Å². The zero-order valence-corrected chi connectivity index (χ0v) is 54.8. The number of ether oxygens (including phenoxy) is 1. The van der Waals surface area contributed by atoms with Crippen molar-refractivity contribution in [2.45, 2.75) is 73.5 Å². The molecule has 92 heavy (non-hydrogen) atoms. The van der Waals surface area contributed by atoms with Gasteiger partial charge in [0.2, 0.25) is 17.7 Å². The maximum Gasteiger partial charge on any atom is 0.296 e. The fourth-order valence-corrected chi connectivity index (χ4v) is 13.8. The van der Waals surface area contributed by atoms with E-state index in [1.165, 1.54) is 69.3 Å². The zero-order chi connectivity index (χ0) is 67.8. The average Bonchev–Trinajstić information content (AvgIpc) is 1.55. The molecule has 0 saturated heterocycles. The van der Waals surface area contributed by atoms with Crippen LogP contribution < -0.4 is 15.4 Å². The number of aromatic nitrogens is 2. The average molecular weight is 1420 g/mol. The van der Waals surface area contributed by atoms with E-state index in [9.17, 15) is 84.8 Å². The van der Waals surface area contributed by atoms with Gasteiger partial charge in [0.1, 0.15) is 55.6 Å². The summed E-state index contributed by atoms with van der Waals surface area (Å²) < 4.78 is 174. The van der Waals surface area contributed by atoms with E-state index in [-0.39, 0.29) is 143 Å². The number of amides is 2. The second-order valence-electron chi connectivity index (χ2n) is 19.6. The van der Waals surface area contributed by atoms with Crippen LogP contribution in [0.2, 0.25) is 5.02 Å². The molecule has 32 nitrogen and oxygen atoms in total. The molecule has 0 aliphatic carbocycles. The molecule has 8 N–H and O–H groups in total. The smallest absolute Gasteiger partial charge is 0.296 e. The summed E-state index contributed by atoms with van der Waals surface area (Å²) in [6.07, 6.45) is -0.433. The Labute approximate surface area is 538 Å². The Morgan fingerprint density at radius 1 is 0.609 bits per heavy atom. The number of imidazole rings is 1. The van der Waals surface area contributed by atoms with Crippen LogP contribution in [0.15, 0.2) is 127 Å². The Morgan fingerprint density at radius 3 is 1.62 bits per heavy atom. The lowest BCUT2D eigenvalue weighted by molar-refractivity contribution is -0.115. The Morgan fingerprint density at radius 2 is 1.11 bits per heavy atom. The lowest BCUT2D eigenvalue weighted by atomic mass is 10.1. The molecule has 0 unspecified atom stereocenters. The first kappa shape index (κ1) is 71.5. The first-order valence-corrected chi connectivity index (χ1v) is 36.3. The Hall–Kier alpha value is -7.98. The first-order chi connectivity index (χ1) is 42.9. The number of aryl methyl sites for hydroxylation is 2. The van der Waals surface area contributed by atoms with Crippen molar-refractivity contribution in [2.24, 2.45) is 40.9 Å². The maximum absolute atomic E-state index is 12.8. The van der Waals surface area contributed by atoms with Crippen LogP contribution in [0.5, 0.6) is 11.6 Å². The molecule has 2 heterocycles. The molecule has 488 valence electrons. The molecule has 5 aromatic carbocycles. The molecule has 0 spiro atoms. The van der Waals surface area contributed by atoms with Crippen LogP contribution in [0.1, 0.15) is 55.4 Å². The number of rotatable bonds is 27. The number of azo groups is 4. The number of halogens is 1. The topological polar surface area (TPSA) is 499 Å². The van der Waals surface area contributed by atoms with Crippen molar-refractivity contribution in [3.05, 3.63) is 94.0 Å². The Bertz CT molecular complexity index is 4910. The Balaban J connectivity index is 1.35. The second kappa shape index (κ2) is 29.3. The van der Waals surface area contributed by atoms with E-state index in [0.717, 1.165) is 46.1 Å². The lowest BCUT2D eigenvalue weighted by Gasteiger charge is -2.13. The van der Waals surface area contributed by atoms with Crippen molar-refractivity contribution in [3.8, 4) is 17.7 Å². The molecule has 0 fully saturated rings. The summed E-state index contributed by atoms with van der Waals surface area (Å²) in [5, 5.41) is 61.6. The van der Waals surface area contributed by atoms with Gasteiger partial charge in [-0.25, -0.2) is 4.98 Å². The van der Waals surface area contributed by atoms with Crippen molar-refractivity contribution in [1.82, 2.24) is 9.38 Å². The highest BCUT2D eigenvalue weighted by Crippen LogP contribution is 2.46. The van der Waals surface area contributed by atoms with Gasteiger partial charge in [-0.1, -0.05) is 17.7 Å². The van der Waals surface area contributed by atoms with Gasteiger partial charge in [-0.2, -0.15) is 57.6 Å². The number of benzene rings is 5. The third kappa shape index (κ3) is 19.1. The van der Waals surface area contributed by atoms with Gasteiger partial charge < -0.3 is 20.5 Å². The fraction of sp³-hybridized carbons (Fsp3) is 0.269. The van der Waals surface area contributed by atoms with E-state index < -0.39 is 95.3 Å². The third-order valence-electron chi connectivity index (χ3n) is 12.5. The summed E-state index contributed by atoms with van der Waals surface area (Å²) in [6, 6.07) is 15.9. The predicted molar refractivity (Wildman–Crippen MR) is 339 cm³/mol. The molecule has 0 saturated carbocycles. The molecule has 7 aromatic rings. The highest BCUT2D eigenvalue weighted by atomic mass is 35.5. The van der Waals surface area contributed by atoms with E-state index >= 15 is 0 Å². The van der Waals surface area contributed by atoms with E-state index in [4.69, 9.17) is 16.3 Å². The van der Waals surface area contributed by atoms with Gasteiger partial charge in [-0.15, -0.1) is 54.2 Å². The summed E-state index contributed by atoms with van der Waals surface area (Å²) in [6.45, 7) is 6.54. The Kier molecular flexibility index (Phi) is 22.8. The first-order valence-electron chi connectivity index (χ1n) is 26.2. The van der Waals surface area contributed by atoms with E-state index in [0.29, 0.717) is 11.1 Å². The fourth-order valence-electron chi connectivity index (χ4n) is 8.34. The van der Waals surface area contributed by atoms with Crippen LogP contribution in [0.3, 0.4) is 0 Å². The van der Waals surface area contributed by atoms with Crippen LogP contribution in [-0.4, -0.2) is 127 Å². The largest absolute Gasteiger partial charge is 0.493 e. The molecule has 7 rings (SSSR count). The standard InChI is InChI=1S/C52H52ClN13O19S7/c1-27-9-12-46(91(79,80)81)50-48(27)57-51-33(26-54)29(3)49(52(69)66(50)51)65-62-40-19-28(2)35(23-43(40)85-13-6-16-88(70,71)72)59-63-41-22-37(56-31(5)68)39(25-45(41)87-15-8-18-90(76,77)78)61-64-42-21-36(55-30(4)67)38(24-44(42)86-14-7-17-89(73,74)75)60-58-32-10-11-34(53)47(20-32)92(82,83)84/h9-12,19-25,69H,6-8,13-18H2,1-5H3,(H,55,67)(H,56,68)(H,70,71,72)(H,73,74,75)(H,76,77,78)(H,79,80,81)(H,82,83,84). The van der Waals surface area contributed by atoms with Crippen LogP contribution in [-0.2, 0) is 60.2 Å². The number of carbonyl (C=O) groups is 2. The van der Waals surface area contributed by atoms with Crippen molar-refractivity contribution < 1.29 is 84.3 Å². The van der Waals surface area contributed by atoms with Crippen molar-refractivity contribution >= 4 is 171 Å². The molecule has 2 aromatic heterocycles. The molecule has 2 amide bonds. The second-order valence-corrected chi connectivity index (χ2v) is 29.8. The van der Waals surface area contributed by atoms with Crippen molar-refractivity contribution in [3.63, 3.8) is 0 Å². The van der Waals surface area contributed by atoms with Crippen LogP contribution in [0.4, 0.5) is 56.9 Å². The third-order valence-corrected chi connectivity index (χ3v) is 19.4. The summed E-state index contributed by atoms with van der Waals surface area (Å²) in [4.78, 5) is 28.9. The summed E-state index contributed by atoms with van der Waals surface area (Å²) >= 11 is 7.98. The molecule has 0 aliphatic rings. The number of carbonyl (C=O) groups excluding carboxylic acids is 2. The normalized spacial score (nSPS) is 12.7. The quantitative estimate of drug-likeness (QED) is 0.0103. The van der Waals surface area contributed by atoms with Gasteiger partial charge in [0.15, 0.2) is 11.3 Å². The molecule has 40 heteroatoms. The van der Waals surface area contributed by atoms with Crippen LogP contribution in [0, 0.1) is 32.1 Å². The molecular weight excluding hydrogens is 1370 g/mol. The minimum atomic E-state index is -4.94. The van der Waals surface area contributed by atoms with Crippen molar-refractivity contribution in [1.29, 1.82) is 5.26 Å². The molecule has 0 atom stereocenters. The number of pyridine rings is 1. The van der Waals surface area contributed by atoms with E-state index in [1.807, 2.05) is 6.07 Å². The van der Waals surface area contributed by atoms with E-state index in [1.54, 1.807) is 13.8 Å². The number of hydrogen-bond acceptors (Lipinski definition) is 26. The lowest BCUT2D eigenvalue weighted by Crippen LogP contribution is -2.08. The van der Waals surface area contributed by atoms with Crippen LogP contribution in [0.25, 0.3) is 16.7 Å².